The molecule has 0 spiro atoms. The molecule has 3 atom stereocenters. The quantitative estimate of drug-likeness (QED) is 0.801. The Morgan fingerprint density at radius 1 is 1.15 bits per heavy atom. The van der Waals surface area contributed by atoms with Gasteiger partial charge in [0.05, 0.1) is 33.4 Å². The van der Waals surface area contributed by atoms with Crippen molar-refractivity contribution in [2.45, 2.75) is 32.6 Å². The van der Waals surface area contributed by atoms with Gasteiger partial charge in [0.15, 0.2) is 11.5 Å². The minimum absolute atomic E-state index is 0.100. The second kappa shape index (κ2) is 6.95. The molecule has 0 bridgehead atoms. The van der Waals surface area contributed by atoms with Crippen molar-refractivity contribution in [3.63, 3.8) is 0 Å². The molecule has 0 amide bonds. The van der Waals surface area contributed by atoms with Gasteiger partial charge in [0.25, 0.3) is 0 Å². The van der Waals surface area contributed by atoms with E-state index in [2.05, 4.69) is 19.9 Å². The molecule has 0 radical (unpaired) electrons. The van der Waals surface area contributed by atoms with Crippen LogP contribution in [0.4, 0.5) is 0 Å². The SMILES string of the molecule is COc1cc2c(cc1OC)C(C(=O)C1CC=C3OCCC3=C1C)C(C)CO2. The highest BCUT2D eigenvalue weighted by molar-refractivity contribution is 5.92. The second-order valence-corrected chi connectivity index (χ2v) is 7.53. The van der Waals surface area contributed by atoms with E-state index in [9.17, 15) is 4.79 Å². The number of carbonyl (C=O) groups excluding carboxylic acids is 1. The third-order valence-corrected chi connectivity index (χ3v) is 6.02. The van der Waals surface area contributed by atoms with Crippen molar-refractivity contribution in [2.75, 3.05) is 27.4 Å². The summed E-state index contributed by atoms with van der Waals surface area (Å²) in [6.07, 6.45) is 3.68. The van der Waals surface area contributed by atoms with Gasteiger partial charge < -0.3 is 18.9 Å². The molecule has 5 nitrogen and oxygen atoms in total. The largest absolute Gasteiger partial charge is 0.493 e. The number of carbonyl (C=O) groups is 1. The number of Topliss-reactive ketones (excluding diaryl/α,β-unsaturated/α-hetero) is 1. The van der Waals surface area contributed by atoms with Crippen LogP contribution in [0.1, 0.15) is 38.2 Å². The third-order valence-electron chi connectivity index (χ3n) is 6.02. The molecule has 0 N–H and O–H groups in total. The first kappa shape index (κ1) is 18.0. The Labute approximate surface area is 159 Å². The number of ketones is 1. The Balaban J connectivity index is 1.72. The number of allylic oxidation sites excluding steroid dienone is 3. The Hall–Kier alpha value is -2.43. The van der Waals surface area contributed by atoms with Gasteiger partial charge in [-0.15, -0.1) is 0 Å². The molecule has 3 unspecified atom stereocenters. The molecule has 1 saturated heterocycles. The molecule has 0 saturated carbocycles. The van der Waals surface area contributed by atoms with Gasteiger partial charge in [-0.05, 0) is 31.1 Å². The zero-order valence-electron chi connectivity index (χ0n) is 16.3. The molecule has 1 fully saturated rings. The minimum Gasteiger partial charge on any atom is -0.493 e. The van der Waals surface area contributed by atoms with Gasteiger partial charge in [0, 0.05) is 29.9 Å². The van der Waals surface area contributed by atoms with E-state index in [1.807, 2.05) is 12.1 Å². The van der Waals surface area contributed by atoms with Gasteiger partial charge in [0.1, 0.15) is 17.3 Å². The molecule has 2 aliphatic heterocycles. The Bertz CT molecular complexity index is 835. The van der Waals surface area contributed by atoms with Crippen molar-refractivity contribution in [1.29, 1.82) is 0 Å². The highest BCUT2D eigenvalue weighted by Crippen LogP contribution is 2.47. The van der Waals surface area contributed by atoms with Gasteiger partial charge in [0.2, 0.25) is 0 Å². The molecule has 0 aromatic heterocycles. The van der Waals surface area contributed by atoms with E-state index in [4.69, 9.17) is 18.9 Å². The lowest BCUT2D eigenvalue weighted by Crippen LogP contribution is -2.34. The topological polar surface area (TPSA) is 54.0 Å². The van der Waals surface area contributed by atoms with Crippen LogP contribution in [-0.4, -0.2) is 33.2 Å². The highest BCUT2D eigenvalue weighted by Gasteiger charge is 2.40. The standard InChI is InChI=1S/C22H26O5/c1-12-11-27-18-10-20(25-4)19(24-3)9-16(18)21(12)22(23)15-5-6-17-14(13(15)2)7-8-26-17/h6,9-10,12,15,21H,5,7-8,11H2,1-4H3. The maximum atomic E-state index is 13.6. The Morgan fingerprint density at radius 3 is 2.63 bits per heavy atom. The van der Waals surface area contributed by atoms with Crippen LogP contribution >= 0.6 is 0 Å². The van der Waals surface area contributed by atoms with Gasteiger partial charge in [-0.25, -0.2) is 0 Å². The lowest BCUT2D eigenvalue weighted by Gasteiger charge is -2.34. The van der Waals surface area contributed by atoms with Crippen LogP contribution in [0.25, 0.3) is 0 Å². The van der Waals surface area contributed by atoms with Crippen LogP contribution < -0.4 is 14.2 Å². The lowest BCUT2D eigenvalue weighted by atomic mass is 9.73. The van der Waals surface area contributed by atoms with E-state index in [-0.39, 0.29) is 23.5 Å². The van der Waals surface area contributed by atoms with Crippen LogP contribution in [-0.2, 0) is 9.53 Å². The number of methoxy groups -OCH3 is 2. The molecule has 5 heteroatoms. The summed E-state index contributed by atoms with van der Waals surface area (Å²) in [6.45, 7) is 5.39. The summed E-state index contributed by atoms with van der Waals surface area (Å²) in [6, 6.07) is 3.73. The Morgan fingerprint density at radius 2 is 1.89 bits per heavy atom. The normalized spacial score (nSPS) is 26.4. The molecule has 3 aliphatic rings. The summed E-state index contributed by atoms with van der Waals surface area (Å²) in [7, 11) is 3.21. The summed E-state index contributed by atoms with van der Waals surface area (Å²) < 4.78 is 22.4. The summed E-state index contributed by atoms with van der Waals surface area (Å²) in [5, 5.41) is 0. The number of hydrogen-bond donors (Lipinski definition) is 0. The first-order chi connectivity index (χ1) is 13.0. The van der Waals surface area contributed by atoms with Crippen LogP contribution in [0.5, 0.6) is 17.2 Å². The monoisotopic (exact) mass is 370 g/mol. The molecule has 27 heavy (non-hydrogen) atoms. The van der Waals surface area contributed by atoms with Crippen molar-refractivity contribution in [3.05, 3.63) is 40.7 Å². The van der Waals surface area contributed by atoms with Gasteiger partial charge >= 0.3 is 0 Å². The molecule has 4 rings (SSSR count). The molecule has 2 heterocycles. The van der Waals surface area contributed by atoms with Gasteiger partial charge in [-0.1, -0.05) is 12.5 Å². The molecule has 1 aromatic carbocycles. The zero-order chi connectivity index (χ0) is 19.1. The van der Waals surface area contributed by atoms with E-state index >= 15 is 0 Å². The average molecular weight is 370 g/mol. The predicted octanol–water partition coefficient (Wildman–Crippen LogP) is 4.03. The molecule has 1 aromatic rings. The summed E-state index contributed by atoms with van der Waals surface area (Å²) in [5.74, 6) is 2.97. The van der Waals surface area contributed by atoms with Crippen LogP contribution in [0.3, 0.4) is 0 Å². The van der Waals surface area contributed by atoms with E-state index in [1.54, 1.807) is 14.2 Å². The summed E-state index contributed by atoms with van der Waals surface area (Å²) >= 11 is 0. The molecular weight excluding hydrogens is 344 g/mol. The third kappa shape index (κ3) is 2.89. The fourth-order valence-electron chi connectivity index (χ4n) is 4.51. The predicted molar refractivity (Wildman–Crippen MR) is 101 cm³/mol. The van der Waals surface area contributed by atoms with Crippen LogP contribution in [0, 0.1) is 11.8 Å². The maximum Gasteiger partial charge on any atom is 0.164 e. The fraction of sp³-hybridized carbons (Fsp3) is 0.500. The lowest BCUT2D eigenvalue weighted by molar-refractivity contribution is -0.125. The fourth-order valence-corrected chi connectivity index (χ4v) is 4.51. The average Bonchev–Trinajstić information content (AvgIpc) is 3.16. The minimum atomic E-state index is -0.216. The van der Waals surface area contributed by atoms with Crippen LogP contribution in [0.2, 0.25) is 0 Å². The number of hydrogen-bond acceptors (Lipinski definition) is 5. The first-order valence-corrected chi connectivity index (χ1v) is 9.50. The van der Waals surface area contributed by atoms with Crippen molar-refractivity contribution in [2.24, 2.45) is 11.8 Å². The summed E-state index contributed by atoms with van der Waals surface area (Å²) in [5.41, 5.74) is 3.27. The van der Waals surface area contributed by atoms with E-state index in [0.717, 1.165) is 23.3 Å². The maximum absolute atomic E-state index is 13.6. The first-order valence-electron chi connectivity index (χ1n) is 9.50. The van der Waals surface area contributed by atoms with E-state index < -0.39 is 0 Å². The molecule has 144 valence electrons. The van der Waals surface area contributed by atoms with Crippen molar-refractivity contribution in [1.82, 2.24) is 0 Å². The van der Waals surface area contributed by atoms with Crippen molar-refractivity contribution in [3.8, 4) is 17.2 Å². The van der Waals surface area contributed by atoms with Crippen LogP contribution in [0.15, 0.2) is 35.1 Å². The zero-order valence-corrected chi connectivity index (χ0v) is 16.3. The molecular formula is C22H26O5. The van der Waals surface area contributed by atoms with Gasteiger partial charge in [-0.2, -0.15) is 0 Å². The van der Waals surface area contributed by atoms with E-state index in [1.165, 1.54) is 5.57 Å². The number of fused-ring (bicyclic) bond motifs is 2. The number of ether oxygens (including phenoxy) is 4. The van der Waals surface area contributed by atoms with E-state index in [0.29, 0.717) is 36.9 Å². The second-order valence-electron chi connectivity index (χ2n) is 7.53. The van der Waals surface area contributed by atoms with Crippen molar-refractivity contribution >= 4 is 5.78 Å². The summed E-state index contributed by atoms with van der Waals surface area (Å²) in [4.78, 5) is 13.6. The number of benzene rings is 1. The van der Waals surface area contributed by atoms with Gasteiger partial charge in [-0.3, -0.25) is 4.79 Å². The smallest absolute Gasteiger partial charge is 0.164 e. The highest BCUT2D eigenvalue weighted by atomic mass is 16.5. The van der Waals surface area contributed by atoms with Crippen molar-refractivity contribution < 1.29 is 23.7 Å². The molecule has 1 aliphatic carbocycles. The Kier molecular flexibility index (Phi) is 4.62. The number of rotatable bonds is 4.